The van der Waals surface area contributed by atoms with Gasteiger partial charge in [-0.1, -0.05) is 29.5 Å². The Balaban J connectivity index is 1.78. The number of carbonyl (C=O) groups excluding carboxylic acids is 2. The fourth-order valence-corrected chi connectivity index (χ4v) is 4.29. The van der Waals surface area contributed by atoms with Crippen LogP contribution in [0.25, 0.3) is 22.2 Å². The first kappa shape index (κ1) is 22.2. The number of fused-ring (bicyclic) bond motifs is 1. The van der Waals surface area contributed by atoms with E-state index in [1.54, 1.807) is 39.3 Å². The number of carbonyl (C=O) groups is 2. The molecule has 0 atom stereocenters. The Labute approximate surface area is 194 Å². The first-order chi connectivity index (χ1) is 15.9. The van der Waals surface area contributed by atoms with Crippen LogP contribution in [0, 0.1) is 6.92 Å². The molecule has 168 valence electrons. The topological polar surface area (TPSA) is 99.6 Å². The number of ether oxygens (including phenoxy) is 3. The normalized spacial score (nSPS) is 10.7. The van der Waals surface area contributed by atoms with Crippen LogP contribution in [-0.2, 0) is 4.74 Å². The van der Waals surface area contributed by atoms with E-state index in [1.165, 1.54) is 7.11 Å². The van der Waals surface area contributed by atoms with Gasteiger partial charge in [0.25, 0.3) is 5.91 Å². The molecule has 4 rings (SSSR count). The summed E-state index contributed by atoms with van der Waals surface area (Å²) in [5, 5.41) is 3.79. The summed E-state index contributed by atoms with van der Waals surface area (Å²) in [6.45, 7) is 1.69. The highest BCUT2D eigenvalue weighted by atomic mass is 32.1. The molecule has 0 fully saturated rings. The van der Waals surface area contributed by atoms with Crippen LogP contribution in [-0.4, -0.2) is 43.2 Å². The molecule has 0 unspecified atom stereocenters. The highest BCUT2D eigenvalue weighted by Crippen LogP contribution is 2.34. The number of para-hydroxylation sites is 1. The molecule has 1 N–H and O–H groups in total. The number of hydrogen-bond acceptors (Lipinski definition) is 8. The second-order valence-corrected chi connectivity index (χ2v) is 8.02. The van der Waals surface area contributed by atoms with Crippen LogP contribution in [0.3, 0.4) is 0 Å². The summed E-state index contributed by atoms with van der Waals surface area (Å²) < 4.78 is 15.6. The Bertz CT molecular complexity index is 1370. The molecule has 0 aliphatic rings. The third-order valence-electron chi connectivity index (χ3n) is 5.03. The molecule has 33 heavy (non-hydrogen) atoms. The zero-order valence-corrected chi connectivity index (χ0v) is 19.3. The van der Waals surface area contributed by atoms with Crippen molar-refractivity contribution in [2.45, 2.75) is 6.92 Å². The van der Waals surface area contributed by atoms with Gasteiger partial charge in [0.15, 0.2) is 5.13 Å². The molecular formula is C24H21N3O5S. The van der Waals surface area contributed by atoms with E-state index >= 15 is 0 Å². The number of amides is 1. The number of methoxy groups -OCH3 is 3. The number of nitrogens with zero attached hydrogens (tertiary/aromatic N) is 2. The minimum absolute atomic E-state index is 0.308. The Morgan fingerprint density at radius 1 is 0.970 bits per heavy atom. The summed E-state index contributed by atoms with van der Waals surface area (Å²) in [6, 6.07) is 14.5. The van der Waals surface area contributed by atoms with Gasteiger partial charge < -0.3 is 14.2 Å². The third-order valence-corrected chi connectivity index (χ3v) is 6.09. The zero-order chi connectivity index (χ0) is 23.5. The van der Waals surface area contributed by atoms with Gasteiger partial charge in [0, 0.05) is 17.0 Å². The van der Waals surface area contributed by atoms with Crippen LogP contribution in [0.2, 0.25) is 0 Å². The maximum atomic E-state index is 13.3. The minimum Gasteiger partial charge on any atom is -0.497 e. The van der Waals surface area contributed by atoms with E-state index in [9.17, 15) is 9.59 Å². The molecule has 1 amide bonds. The number of thiazole rings is 1. The van der Waals surface area contributed by atoms with Gasteiger partial charge >= 0.3 is 5.97 Å². The lowest BCUT2D eigenvalue weighted by Gasteiger charge is -2.13. The van der Waals surface area contributed by atoms with Gasteiger partial charge in [-0.2, -0.15) is 0 Å². The largest absolute Gasteiger partial charge is 0.497 e. The fraction of sp³-hybridized carbons (Fsp3) is 0.167. The highest BCUT2D eigenvalue weighted by Gasteiger charge is 2.20. The molecular weight excluding hydrogens is 442 g/mol. The number of hydrogen-bond donors (Lipinski definition) is 1. The lowest BCUT2D eigenvalue weighted by atomic mass is 10.0. The SMILES string of the molecule is COC(=O)c1sc(NC(=O)c2cc(-c3ccc(OC)cc3OC)nc3ccccc23)nc1C. The van der Waals surface area contributed by atoms with Crippen LogP contribution in [0.5, 0.6) is 11.5 Å². The van der Waals surface area contributed by atoms with E-state index in [-0.39, 0.29) is 5.91 Å². The van der Waals surface area contributed by atoms with Crippen molar-refractivity contribution in [3.8, 4) is 22.8 Å². The van der Waals surface area contributed by atoms with Gasteiger partial charge in [0.05, 0.1) is 43.8 Å². The van der Waals surface area contributed by atoms with Gasteiger partial charge in [-0.05, 0) is 31.2 Å². The van der Waals surface area contributed by atoms with Crippen molar-refractivity contribution in [1.29, 1.82) is 0 Å². The van der Waals surface area contributed by atoms with Gasteiger partial charge in [0.1, 0.15) is 16.4 Å². The van der Waals surface area contributed by atoms with Crippen molar-refractivity contribution in [3.63, 3.8) is 0 Å². The minimum atomic E-state index is -0.492. The lowest BCUT2D eigenvalue weighted by Crippen LogP contribution is -2.13. The first-order valence-electron chi connectivity index (χ1n) is 9.94. The van der Waals surface area contributed by atoms with Crippen molar-refractivity contribution < 1.29 is 23.8 Å². The molecule has 0 spiro atoms. The Kier molecular flexibility index (Phi) is 6.23. The molecule has 2 aromatic carbocycles. The number of rotatable bonds is 6. The average Bonchev–Trinajstić information content (AvgIpc) is 3.21. The van der Waals surface area contributed by atoms with Crippen molar-refractivity contribution in [3.05, 3.63) is 64.7 Å². The molecule has 0 aliphatic heterocycles. The smallest absolute Gasteiger partial charge is 0.350 e. The van der Waals surface area contributed by atoms with E-state index in [0.717, 1.165) is 16.9 Å². The first-order valence-corrected chi connectivity index (χ1v) is 10.8. The van der Waals surface area contributed by atoms with Crippen LogP contribution in [0.15, 0.2) is 48.5 Å². The number of esters is 1. The number of nitrogens with one attached hydrogen (secondary N) is 1. The highest BCUT2D eigenvalue weighted by molar-refractivity contribution is 7.17. The predicted octanol–water partition coefficient (Wildman–Crippen LogP) is 4.72. The fourth-order valence-electron chi connectivity index (χ4n) is 3.41. The second-order valence-electron chi connectivity index (χ2n) is 7.02. The molecule has 2 heterocycles. The summed E-state index contributed by atoms with van der Waals surface area (Å²) in [6.07, 6.45) is 0. The number of pyridine rings is 1. The molecule has 0 aliphatic carbocycles. The number of aromatic nitrogens is 2. The number of benzene rings is 2. The second kappa shape index (κ2) is 9.25. The van der Waals surface area contributed by atoms with E-state index in [0.29, 0.717) is 49.4 Å². The average molecular weight is 464 g/mol. The van der Waals surface area contributed by atoms with E-state index in [1.807, 2.05) is 30.3 Å². The molecule has 0 bridgehead atoms. The summed E-state index contributed by atoms with van der Waals surface area (Å²) in [5.74, 6) is 0.359. The molecule has 8 nitrogen and oxygen atoms in total. The zero-order valence-electron chi connectivity index (χ0n) is 18.5. The molecule has 2 aromatic heterocycles. The lowest BCUT2D eigenvalue weighted by molar-refractivity contribution is 0.0605. The quantitative estimate of drug-likeness (QED) is 0.413. The van der Waals surface area contributed by atoms with E-state index < -0.39 is 5.97 Å². The van der Waals surface area contributed by atoms with Gasteiger partial charge in [-0.3, -0.25) is 10.1 Å². The van der Waals surface area contributed by atoms with Crippen LogP contribution in [0.1, 0.15) is 25.7 Å². The van der Waals surface area contributed by atoms with Crippen LogP contribution in [0.4, 0.5) is 5.13 Å². The van der Waals surface area contributed by atoms with Crippen molar-refractivity contribution in [2.24, 2.45) is 0 Å². The molecule has 0 saturated heterocycles. The maximum absolute atomic E-state index is 13.3. The van der Waals surface area contributed by atoms with Gasteiger partial charge in [-0.25, -0.2) is 14.8 Å². The number of aryl methyl sites for hydroxylation is 1. The molecule has 0 saturated carbocycles. The maximum Gasteiger partial charge on any atom is 0.350 e. The summed E-state index contributed by atoms with van der Waals surface area (Å²) >= 11 is 1.06. The summed E-state index contributed by atoms with van der Waals surface area (Å²) in [5.41, 5.74) is 2.86. The standard InChI is InChI=1S/C24H21N3O5S/c1-13-21(23(29)32-4)33-24(25-13)27-22(28)17-12-19(26-18-8-6-5-7-15(17)18)16-10-9-14(30-2)11-20(16)31-3/h5-12H,1-4H3,(H,25,27,28). The van der Waals surface area contributed by atoms with E-state index in [2.05, 4.69) is 10.3 Å². The monoisotopic (exact) mass is 463 g/mol. The number of anilines is 1. The third kappa shape index (κ3) is 4.35. The summed E-state index contributed by atoms with van der Waals surface area (Å²) in [7, 11) is 4.45. The van der Waals surface area contributed by atoms with Gasteiger partial charge in [0.2, 0.25) is 0 Å². The Morgan fingerprint density at radius 3 is 2.48 bits per heavy atom. The predicted molar refractivity (Wildman–Crippen MR) is 126 cm³/mol. The van der Waals surface area contributed by atoms with Crippen LogP contribution < -0.4 is 14.8 Å². The van der Waals surface area contributed by atoms with Crippen molar-refractivity contribution in [1.82, 2.24) is 9.97 Å². The Morgan fingerprint density at radius 2 is 1.76 bits per heavy atom. The van der Waals surface area contributed by atoms with E-state index in [4.69, 9.17) is 19.2 Å². The van der Waals surface area contributed by atoms with Crippen molar-refractivity contribution in [2.75, 3.05) is 26.6 Å². The van der Waals surface area contributed by atoms with Gasteiger partial charge in [-0.15, -0.1) is 0 Å². The summed E-state index contributed by atoms with van der Waals surface area (Å²) in [4.78, 5) is 34.5. The molecule has 9 heteroatoms. The Hall–Kier alpha value is -3.98. The van der Waals surface area contributed by atoms with Crippen molar-refractivity contribution >= 4 is 39.2 Å². The molecule has 0 radical (unpaired) electrons. The van der Waals surface area contributed by atoms with Crippen LogP contribution >= 0.6 is 11.3 Å². The molecule has 4 aromatic rings.